The molecule has 0 aliphatic carbocycles. The molecule has 0 saturated carbocycles. The summed E-state index contributed by atoms with van der Waals surface area (Å²) in [6.07, 6.45) is 79.3. The number of unbranched alkanes of at least 4 members (excludes halogenated alkanes) is 24. The van der Waals surface area contributed by atoms with Gasteiger partial charge in [-0.2, -0.15) is 0 Å². The molecular formula is C65H108O6. The molecule has 1 atom stereocenters. The Morgan fingerprint density at radius 2 is 0.592 bits per heavy atom. The first-order valence-electron chi connectivity index (χ1n) is 29.4. The maximum absolute atomic E-state index is 12.9. The Kier molecular flexibility index (Phi) is 55.4. The van der Waals surface area contributed by atoms with E-state index in [2.05, 4.69) is 130 Å². The van der Waals surface area contributed by atoms with Gasteiger partial charge in [0.25, 0.3) is 0 Å². The van der Waals surface area contributed by atoms with E-state index in [1.165, 1.54) is 96.3 Å². The smallest absolute Gasteiger partial charge is 0.306 e. The molecule has 0 amide bonds. The molecule has 6 nitrogen and oxygen atoms in total. The van der Waals surface area contributed by atoms with E-state index in [0.717, 1.165) is 128 Å². The van der Waals surface area contributed by atoms with Crippen molar-refractivity contribution < 1.29 is 28.6 Å². The van der Waals surface area contributed by atoms with Gasteiger partial charge in [-0.1, -0.05) is 239 Å². The number of hydrogen-bond donors (Lipinski definition) is 0. The van der Waals surface area contributed by atoms with Crippen molar-refractivity contribution in [3.8, 4) is 0 Å². The van der Waals surface area contributed by atoms with Crippen molar-refractivity contribution in [2.24, 2.45) is 0 Å². The first-order chi connectivity index (χ1) is 35.0. The fourth-order valence-electron chi connectivity index (χ4n) is 7.91. The molecule has 71 heavy (non-hydrogen) atoms. The summed E-state index contributed by atoms with van der Waals surface area (Å²) in [7, 11) is 0. The lowest BCUT2D eigenvalue weighted by molar-refractivity contribution is -0.167. The van der Waals surface area contributed by atoms with Gasteiger partial charge in [0.05, 0.1) is 0 Å². The van der Waals surface area contributed by atoms with Crippen molar-refractivity contribution in [1.29, 1.82) is 0 Å². The van der Waals surface area contributed by atoms with Gasteiger partial charge in [-0.15, -0.1) is 0 Å². The van der Waals surface area contributed by atoms with Gasteiger partial charge in [0, 0.05) is 19.3 Å². The summed E-state index contributed by atoms with van der Waals surface area (Å²) < 4.78 is 16.9. The average Bonchev–Trinajstić information content (AvgIpc) is 3.37. The third kappa shape index (κ3) is 56.9. The SMILES string of the molecule is CC/C=C\C/C=C\C/C=C\C/C=C\CCCCCCCCC(=O)OCC(COC(=O)CCCCCCCC/C=C\C=C/CCCCC)OC(=O)CCCCCCCCCCC/C=C\C/C=C\C/C=C\CC. The number of rotatable bonds is 52. The van der Waals surface area contributed by atoms with Crippen LogP contribution in [0.2, 0.25) is 0 Å². The molecule has 0 aromatic rings. The highest BCUT2D eigenvalue weighted by atomic mass is 16.6. The number of allylic oxidation sites excluding steroid dienone is 18. The molecule has 0 N–H and O–H groups in total. The van der Waals surface area contributed by atoms with E-state index >= 15 is 0 Å². The monoisotopic (exact) mass is 985 g/mol. The van der Waals surface area contributed by atoms with Gasteiger partial charge in [-0.05, 0) is 116 Å². The van der Waals surface area contributed by atoms with Crippen molar-refractivity contribution in [3.63, 3.8) is 0 Å². The topological polar surface area (TPSA) is 78.9 Å². The molecule has 0 heterocycles. The molecule has 404 valence electrons. The lowest BCUT2D eigenvalue weighted by Crippen LogP contribution is -2.30. The van der Waals surface area contributed by atoms with Gasteiger partial charge in [0.2, 0.25) is 0 Å². The van der Waals surface area contributed by atoms with Crippen LogP contribution in [0.25, 0.3) is 0 Å². The predicted molar refractivity (Wildman–Crippen MR) is 307 cm³/mol. The molecule has 0 rings (SSSR count). The summed E-state index contributed by atoms with van der Waals surface area (Å²) in [4.78, 5) is 38.2. The minimum absolute atomic E-state index is 0.0922. The standard InChI is InChI=1S/C65H108O6/c1-4-7-10-13-16-19-22-25-28-30-32-34-37-40-43-46-49-52-55-58-64(67)70-61-62(60-69-63(66)57-54-51-48-45-42-39-36-27-24-21-18-15-12-9-6-3)71-65(68)59-56-53-50-47-44-41-38-35-33-31-29-26-23-20-17-14-11-8-5-2/h7-8,10-11,16-21,24-29,32,34,62H,4-6,9,12-15,22-23,30-31,33,35-61H2,1-3H3/b10-7-,11-8-,19-16-,20-17-,21-18-,27-24-,28-25-,29-26-,34-32-. The maximum atomic E-state index is 12.9. The Morgan fingerprint density at radius 1 is 0.310 bits per heavy atom. The fraction of sp³-hybridized carbons (Fsp3) is 0.677. The Labute approximate surface area is 438 Å². The van der Waals surface area contributed by atoms with Crippen LogP contribution in [-0.4, -0.2) is 37.2 Å². The van der Waals surface area contributed by atoms with Gasteiger partial charge >= 0.3 is 17.9 Å². The number of ether oxygens (including phenoxy) is 3. The quantitative estimate of drug-likeness (QED) is 0.0199. The van der Waals surface area contributed by atoms with Crippen LogP contribution in [0.4, 0.5) is 0 Å². The molecule has 0 aromatic carbocycles. The highest BCUT2D eigenvalue weighted by Gasteiger charge is 2.19. The van der Waals surface area contributed by atoms with Crippen molar-refractivity contribution in [2.75, 3.05) is 13.2 Å². The molecule has 0 aliphatic heterocycles. The second-order valence-electron chi connectivity index (χ2n) is 19.2. The highest BCUT2D eigenvalue weighted by Crippen LogP contribution is 2.15. The van der Waals surface area contributed by atoms with E-state index in [-0.39, 0.29) is 31.1 Å². The number of esters is 3. The van der Waals surface area contributed by atoms with Gasteiger partial charge in [0.1, 0.15) is 13.2 Å². The molecule has 0 saturated heterocycles. The van der Waals surface area contributed by atoms with Gasteiger partial charge in [0.15, 0.2) is 6.10 Å². The zero-order valence-electron chi connectivity index (χ0n) is 46.2. The lowest BCUT2D eigenvalue weighted by Gasteiger charge is -2.18. The van der Waals surface area contributed by atoms with Crippen LogP contribution in [0, 0.1) is 0 Å². The largest absolute Gasteiger partial charge is 0.462 e. The Morgan fingerprint density at radius 3 is 0.944 bits per heavy atom. The molecule has 0 radical (unpaired) electrons. The molecule has 0 bridgehead atoms. The predicted octanol–water partition coefficient (Wildman–Crippen LogP) is 19.9. The number of carbonyl (C=O) groups excluding carboxylic acids is 3. The third-order valence-electron chi connectivity index (χ3n) is 12.3. The second kappa shape index (κ2) is 58.6. The van der Waals surface area contributed by atoms with Crippen LogP contribution in [0.15, 0.2) is 109 Å². The van der Waals surface area contributed by atoms with E-state index in [0.29, 0.717) is 19.3 Å². The summed E-state index contributed by atoms with van der Waals surface area (Å²) in [5, 5.41) is 0. The van der Waals surface area contributed by atoms with Gasteiger partial charge < -0.3 is 14.2 Å². The van der Waals surface area contributed by atoms with E-state index in [1.54, 1.807) is 0 Å². The first-order valence-corrected chi connectivity index (χ1v) is 29.4. The molecule has 0 aromatic heterocycles. The van der Waals surface area contributed by atoms with E-state index in [1.807, 2.05) is 0 Å². The van der Waals surface area contributed by atoms with Crippen molar-refractivity contribution in [2.45, 2.75) is 271 Å². The third-order valence-corrected chi connectivity index (χ3v) is 12.3. The van der Waals surface area contributed by atoms with E-state index < -0.39 is 6.10 Å². The van der Waals surface area contributed by atoms with Crippen LogP contribution >= 0.6 is 0 Å². The fourth-order valence-corrected chi connectivity index (χ4v) is 7.91. The van der Waals surface area contributed by atoms with Crippen molar-refractivity contribution in [1.82, 2.24) is 0 Å². The van der Waals surface area contributed by atoms with Crippen LogP contribution in [-0.2, 0) is 28.6 Å². The Balaban J connectivity index is 4.44. The molecule has 0 aliphatic rings. The minimum Gasteiger partial charge on any atom is -0.462 e. The van der Waals surface area contributed by atoms with Crippen LogP contribution in [0.1, 0.15) is 265 Å². The van der Waals surface area contributed by atoms with E-state index in [9.17, 15) is 14.4 Å². The number of carbonyl (C=O) groups is 3. The maximum Gasteiger partial charge on any atom is 0.306 e. The molecule has 6 heteroatoms. The van der Waals surface area contributed by atoms with Crippen LogP contribution in [0.3, 0.4) is 0 Å². The molecular weight excluding hydrogens is 877 g/mol. The normalized spacial score (nSPS) is 12.9. The summed E-state index contributed by atoms with van der Waals surface area (Å²) >= 11 is 0. The lowest BCUT2D eigenvalue weighted by atomic mass is 10.1. The van der Waals surface area contributed by atoms with Crippen molar-refractivity contribution >= 4 is 17.9 Å². The average molecular weight is 986 g/mol. The zero-order chi connectivity index (χ0) is 51.4. The Hall–Kier alpha value is -3.93. The summed E-state index contributed by atoms with van der Waals surface area (Å²) in [6.45, 7) is 6.37. The van der Waals surface area contributed by atoms with Gasteiger partial charge in [-0.3, -0.25) is 14.4 Å². The van der Waals surface area contributed by atoms with Gasteiger partial charge in [-0.25, -0.2) is 0 Å². The molecule has 0 spiro atoms. The minimum atomic E-state index is -0.795. The summed E-state index contributed by atoms with van der Waals surface area (Å²) in [5.74, 6) is -0.920. The number of hydrogen-bond acceptors (Lipinski definition) is 6. The Bertz CT molecular complexity index is 1460. The summed E-state index contributed by atoms with van der Waals surface area (Å²) in [5.41, 5.74) is 0. The van der Waals surface area contributed by atoms with Crippen LogP contribution < -0.4 is 0 Å². The molecule has 0 fully saturated rings. The first kappa shape index (κ1) is 67.1. The molecule has 1 unspecified atom stereocenters. The highest BCUT2D eigenvalue weighted by molar-refractivity contribution is 5.71. The van der Waals surface area contributed by atoms with Crippen LogP contribution in [0.5, 0.6) is 0 Å². The zero-order valence-corrected chi connectivity index (χ0v) is 46.2. The second-order valence-corrected chi connectivity index (χ2v) is 19.2. The van der Waals surface area contributed by atoms with Crippen molar-refractivity contribution in [3.05, 3.63) is 109 Å². The van der Waals surface area contributed by atoms with E-state index in [4.69, 9.17) is 14.2 Å². The summed E-state index contributed by atoms with van der Waals surface area (Å²) in [6, 6.07) is 0.